The first kappa shape index (κ1) is 23.8. The fraction of sp³-hybridized carbons (Fsp3) is 0.500. The summed E-state index contributed by atoms with van der Waals surface area (Å²) in [5, 5.41) is 0. The van der Waals surface area contributed by atoms with E-state index in [9.17, 15) is 0 Å². The van der Waals surface area contributed by atoms with Crippen LogP contribution >= 0.6 is 0 Å². The standard InChI is InChI=1S/C32H38O4/c1-31(21-35-31)19-33-29-15-11-27(12-16-29)25-7-3-23(4-8-25)24-5-9-26(10-6-24)28-13-17-30(18-14-28)34-20-32(2)22-36-32/h7,9,11-18,23-24H,3-6,8,10,19-22H2,1-2H3. The minimum atomic E-state index is -0.0712. The van der Waals surface area contributed by atoms with E-state index in [4.69, 9.17) is 18.9 Å². The highest BCUT2D eigenvalue weighted by molar-refractivity contribution is 5.68. The molecule has 2 saturated heterocycles. The highest BCUT2D eigenvalue weighted by Gasteiger charge is 2.40. The van der Waals surface area contributed by atoms with Crippen molar-refractivity contribution in [3.05, 3.63) is 71.8 Å². The van der Waals surface area contributed by atoms with E-state index < -0.39 is 0 Å². The maximum Gasteiger partial charge on any atom is 0.123 e. The number of hydrogen-bond acceptors (Lipinski definition) is 4. The Kier molecular flexibility index (Phi) is 6.43. The zero-order valence-corrected chi connectivity index (χ0v) is 21.6. The van der Waals surface area contributed by atoms with Crippen LogP contribution in [0.1, 0.15) is 63.5 Å². The smallest absolute Gasteiger partial charge is 0.123 e. The van der Waals surface area contributed by atoms with Gasteiger partial charge >= 0.3 is 0 Å². The Labute approximate surface area is 215 Å². The highest BCUT2D eigenvalue weighted by atomic mass is 16.6. The predicted octanol–water partition coefficient (Wildman–Crippen LogP) is 7.09. The molecule has 2 aliphatic heterocycles. The molecule has 0 N–H and O–H groups in total. The molecule has 4 atom stereocenters. The molecular formula is C32H38O4. The van der Waals surface area contributed by atoms with E-state index in [1.165, 1.54) is 60.8 Å². The van der Waals surface area contributed by atoms with Crippen LogP contribution in [0, 0.1) is 11.8 Å². The number of epoxide rings is 2. The summed E-state index contributed by atoms with van der Waals surface area (Å²) in [5.74, 6) is 3.46. The number of rotatable bonds is 9. The van der Waals surface area contributed by atoms with Crippen molar-refractivity contribution in [2.24, 2.45) is 11.8 Å². The lowest BCUT2D eigenvalue weighted by atomic mass is 9.73. The van der Waals surface area contributed by atoms with Gasteiger partial charge < -0.3 is 18.9 Å². The molecule has 2 aromatic carbocycles. The van der Waals surface area contributed by atoms with Gasteiger partial charge in [-0.2, -0.15) is 0 Å². The summed E-state index contributed by atoms with van der Waals surface area (Å²) < 4.78 is 22.6. The van der Waals surface area contributed by atoms with E-state index in [1.807, 2.05) is 0 Å². The average Bonchev–Trinajstić information content (AvgIpc) is 3.86. The molecule has 190 valence electrons. The second kappa shape index (κ2) is 9.72. The number of benzene rings is 2. The van der Waals surface area contributed by atoms with Gasteiger partial charge in [-0.05, 0) is 111 Å². The summed E-state index contributed by atoms with van der Waals surface area (Å²) >= 11 is 0. The molecule has 4 unspecified atom stereocenters. The summed E-state index contributed by atoms with van der Waals surface area (Å²) in [5.41, 5.74) is 5.52. The number of allylic oxidation sites excluding steroid dienone is 4. The second-order valence-electron chi connectivity index (χ2n) is 11.6. The Morgan fingerprint density at radius 1 is 0.667 bits per heavy atom. The Bertz CT molecular complexity index is 1030. The van der Waals surface area contributed by atoms with E-state index in [2.05, 4.69) is 74.5 Å². The lowest BCUT2D eigenvalue weighted by Crippen LogP contribution is -2.19. The van der Waals surface area contributed by atoms with Gasteiger partial charge in [-0.15, -0.1) is 0 Å². The van der Waals surface area contributed by atoms with Gasteiger partial charge in [-0.3, -0.25) is 0 Å². The molecule has 0 amide bonds. The molecule has 4 aliphatic rings. The Morgan fingerprint density at radius 3 is 1.36 bits per heavy atom. The molecule has 4 nitrogen and oxygen atoms in total. The summed E-state index contributed by atoms with van der Waals surface area (Å²) in [6.07, 6.45) is 12.3. The van der Waals surface area contributed by atoms with E-state index in [1.54, 1.807) is 0 Å². The molecule has 2 aromatic rings. The quantitative estimate of drug-likeness (QED) is 0.355. The maximum atomic E-state index is 5.88. The predicted molar refractivity (Wildman–Crippen MR) is 143 cm³/mol. The largest absolute Gasteiger partial charge is 0.491 e. The van der Waals surface area contributed by atoms with Crippen molar-refractivity contribution in [3.8, 4) is 11.5 Å². The van der Waals surface area contributed by atoms with Crippen molar-refractivity contribution < 1.29 is 18.9 Å². The van der Waals surface area contributed by atoms with E-state index in [-0.39, 0.29) is 11.2 Å². The van der Waals surface area contributed by atoms with Gasteiger partial charge in [-0.25, -0.2) is 0 Å². The SMILES string of the molecule is CC1(COc2ccc(C3=CCC(C4CC=C(c5ccc(OCC6(C)CO6)cc5)CC4)CC3)cc2)CO1. The van der Waals surface area contributed by atoms with Gasteiger partial charge in [-0.1, -0.05) is 36.4 Å². The maximum absolute atomic E-state index is 5.88. The summed E-state index contributed by atoms with van der Waals surface area (Å²) in [6, 6.07) is 17.2. The summed E-state index contributed by atoms with van der Waals surface area (Å²) in [4.78, 5) is 0. The third kappa shape index (κ3) is 5.71. The van der Waals surface area contributed by atoms with Gasteiger partial charge in [0.2, 0.25) is 0 Å². The molecule has 2 aliphatic carbocycles. The van der Waals surface area contributed by atoms with Gasteiger partial charge in [0.05, 0.1) is 13.2 Å². The van der Waals surface area contributed by atoms with Crippen molar-refractivity contribution >= 4 is 11.1 Å². The Hall–Kier alpha value is -2.56. The fourth-order valence-corrected chi connectivity index (χ4v) is 5.51. The van der Waals surface area contributed by atoms with Crippen LogP contribution in [0.2, 0.25) is 0 Å². The van der Waals surface area contributed by atoms with Crippen LogP contribution in [0.3, 0.4) is 0 Å². The van der Waals surface area contributed by atoms with Crippen LogP contribution in [0.25, 0.3) is 11.1 Å². The molecule has 0 bridgehead atoms. The van der Waals surface area contributed by atoms with Crippen LogP contribution in [0.5, 0.6) is 11.5 Å². The summed E-state index contributed by atoms with van der Waals surface area (Å²) in [6.45, 7) is 7.04. The molecule has 2 fully saturated rings. The first-order chi connectivity index (χ1) is 17.5. The third-order valence-corrected chi connectivity index (χ3v) is 8.38. The van der Waals surface area contributed by atoms with E-state index >= 15 is 0 Å². The van der Waals surface area contributed by atoms with E-state index in [0.717, 1.165) is 36.5 Å². The molecular weight excluding hydrogens is 448 g/mol. The van der Waals surface area contributed by atoms with E-state index in [0.29, 0.717) is 13.2 Å². The molecule has 0 aromatic heterocycles. The van der Waals surface area contributed by atoms with Crippen molar-refractivity contribution in [1.29, 1.82) is 0 Å². The average molecular weight is 487 g/mol. The molecule has 6 rings (SSSR count). The van der Waals surface area contributed by atoms with Crippen molar-refractivity contribution in [1.82, 2.24) is 0 Å². The first-order valence-corrected chi connectivity index (χ1v) is 13.6. The molecule has 2 heterocycles. The first-order valence-electron chi connectivity index (χ1n) is 13.6. The number of ether oxygens (including phenoxy) is 4. The molecule has 0 spiro atoms. The van der Waals surface area contributed by atoms with Crippen LogP contribution < -0.4 is 9.47 Å². The van der Waals surface area contributed by atoms with Crippen molar-refractivity contribution in [2.75, 3.05) is 26.4 Å². The van der Waals surface area contributed by atoms with Crippen LogP contribution in [0.15, 0.2) is 60.7 Å². The lowest BCUT2D eigenvalue weighted by Gasteiger charge is -2.32. The van der Waals surface area contributed by atoms with Crippen molar-refractivity contribution in [2.45, 2.75) is 63.6 Å². The molecule has 0 radical (unpaired) electrons. The Morgan fingerprint density at radius 2 is 1.06 bits per heavy atom. The minimum absolute atomic E-state index is 0.0712. The zero-order chi connectivity index (χ0) is 24.6. The van der Waals surface area contributed by atoms with Gasteiger partial charge in [0.15, 0.2) is 0 Å². The fourth-order valence-electron chi connectivity index (χ4n) is 5.51. The van der Waals surface area contributed by atoms with Crippen molar-refractivity contribution in [3.63, 3.8) is 0 Å². The van der Waals surface area contributed by atoms with Gasteiger partial charge in [0.25, 0.3) is 0 Å². The normalized spacial score (nSPS) is 31.3. The van der Waals surface area contributed by atoms with Gasteiger partial charge in [0, 0.05) is 0 Å². The zero-order valence-electron chi connectivity index (χ0n) is 21.6. The van der Waals surface area contributed by atoms with Crippen LogP contribution in [0.4, 0.5) is 0 Å². The van der Waals surface area contributed by atoms with Crippen LogP contribution in [-0.2, 0) is 9.47 Å². The minimum Gasteiger partial charge on any atom is -0.491 e. The third-order valence-electron chi connectivity index (χ3n) is 8.38. The number of hydrogen-bond donors (Lipinski definition) is 0. The lowest BCUT2D eigenvalue weighted by molar-refractivity contribution is 0.202. The Balaban J connectivity index is 0.991. The summed E-state index contributed by atoms with van der Waals surface area (Å²) in [7, 11) is 0. The molecule has 36 heavy (non-hydrogen) atoms. The topological polar surface area (TPSA) is 43.5 Å². The second-order valence-corrected chi connectivity index (χ2v) is 11.6. The monoisotopic (exact) mass is 486 g/mol. The molecule has 4 heteroatoms. The molecule has 0 saturated carbocycles. The van der Waals surface area contributed by atoms with Gasteiger partial charge in [0.1, 0.15) is 35.9 Å². The van der Waals surface area contributed by atoms with Crippen LogP contribution in [-0.4, -0.2) is 37.6 Å². The highest BCUT2D eigenvalue weighted by Crippen LogP contribution is 2.41.